The van der Waals surface area contributed by atoms with E-state index in [9.17, 15) is 14.0 Å². The number of piperidine rings is 2. The third kappa shape index (κ3) is 4.50. The topological polar surface area (TPSA) is 49.9 Å². The number of halogens is 1. The number of hydrogen-bond acceptors (Lipinski definition) is 3. The highest BCUT2D eigenvalue weighted by molar-refractivity contribution is 5.97. The molecule has 0 saturated carbocycles. The maximum Gasteiger partial charge on any atom is 0.228 e. The van der Waals surface area contributed by atoms with Crippen molar-refractivity contribution in [1.29, 1.82) is 0 Å². The predicted octanol–water partition coefficient (Wildman–Crippen LogP) is 4.82. The standard InChI is InChI=1S/C26H31FN2O3/c1-17-14-18(2)16-28(15-17)26(31)23-12-13-24(30)29(21-8-10-22(32-3)11-9-21)25(23)19-4-6-20(27)7-5-19/h4-11,17-18,23,25H,12-16H2,1-3H3/t17-,18-,23+,25+/m1/s1. The van der Waals surface area contributed by atoms with Gasteiger partial charge in [-0.2, -0.15) is 0 Å². The molecule has 0 aromatic heterocycles. The van der Waals surface area contributed by atoms with E-state index in [1.165, 1.54) is 12.1 Å². The molecule has 170 valence electrons. The van der Waals surface area contributed by atoms with Gasteiger partial charge in [0.1, 0.15) is 11.6 Å². The van der Waals surface area contributed by atoms with Gasteiger partial charge in [-0.05, 0) is 66.6 Å². The summed E-state index contributed by atoms with van der Waals surface area (Å²) in [6.45, 7) is 5.85. The van der Waals surface area contributed by atoms with Gasteiger partial charge in [0.05, 0.1) is 19.1 Å². The summed E-state index contributed by atoms with van der Waals surface area (Å²) in [6.07, 6.45) is 1.91. The van der Waals surface area contributed by atoms with Crippen molar-refractivity contribution in [3.63, 3.8) is 0 Å². The van der Waals surface area contributed by atoms with Crippen LogP contribution in [-0.2, 0) is 9.59 Å². The molecule has 0 spiro atoms. The molecule has 6 heteroatoms. The van der Waals surface area contributed by atoms with E-state index in [-0.39, 0.29) is 23.5 Å². The van der Waals surface area contributed by atoms with Crippen molar-refractivity contribution < 1.29 is 18.7 Å². The van der Waals surface area contributed by atoms with Crippen LogP contribution in [0, 0.1) is 23.6 Å². The molecule has 2 heterocycles. The number of carbonyl (C=O) groups is 2. The smallest absolute Gasteiger partial charge is 0.228 e. The highest BCUT2D eigenvalue weighted by Gasteiger charge is 2.43. The third-order valence-corrected chi connectivity index (χ3v) is 6.66. The van der Waals surface area contributed by atoms with Gasteiger partial charge in [0, 0.05) is 25.2 Å². The number of benzene rings is 2. The molecule has 2 aliphatic heterocycles. The minimum Gasteiger partial charge on any atom is -0.497 e. The Kier molecular flexibility index (Phi) is 6.49. The molecule has 0 aliphatic carbocycles. The van der Waals surface area contributed by atoms with Crippen LogP contribution < -0.4 is 9.64 Å². The molecule has 2 aromatic rings. The van der Waals surface area contributed by atoms with Gasteiger partial charge in [-0.1, -0.05) is 26.0 Å². The second-order valence-electron chi connectivity index (χ2n) is 9.29. The number of hydrogen-bond donors (Lipinski definition) is 0. The molecule has 5 nitrogen and oxygen atoms in total. The zero-order valence-electron chi connectivity index (χ0n) is 19.0. The van der Waals surface area contributed by atoms with Crippen LogP contribution in [0.3, 0.4) is 0 Å². The third-order valence-electron chi connectivity index (χ3n) is 6.66. The van der Waals surface area contributed by atoms with Gasteiger partial charge in [-0.25, -0.2) is 4.39 Å². The molecular weight excluding hydrogens is 407 g/mol. The number of methoxy groups -OCH3 is 1. The van der Waals surface area contributed by atoms with Gasteiger partial charge in [0.2, 0.25) is 11.8 Å². The molecule has 4 rings (SSSR count). The number of nitrogens with zero attached hydrogens (tertiary/aromatic N) is 2. The molecule has 4 atom stereocenters. The van der Waals surface area contributed by atoms with Crippen LogP contribution >= 0.6 is 0 Å². The van der Waals surface area contributed by atoms with E-state index in [0.717, 1.165) is 25.1 Å². The molecule has 2 amide bonds. The quantitative estimate of drug-likeness (QED) is 0.688. The predicted molar refractivity (Wildman–Crippen MR) is 122 cm³/mol. The zero-order chi connectivity index (χ0) is 22.8. The average molecular weight is 439 g/mol. The lowest BCUT2D eigenvalue weighted by Crippen LogP contribution is -2.52. The Balaban J connectivity index is 1.73. The van der Waals surface area contributed by atoms with E-state index < -0.39 is 6.04 Å². The maximum absolute atomic E-state index is 13.8. The lowest BCUT2D eigenvalue weighted by atomic mass is 9.81. The number of ether oxygens (including phenoxy) is 1. The molecule has 2 aliphatic rings. The summed E-state index contributed by atoms with van der Waals surface area (Å²) >= 11 is 0. The van der Waals surface area contributed by atoms with Crippen molar-refractivity contribution in [2.45, 2.75) is 39.2 Å². The van der Waals surface area contributed by atoms with Crippen molar-refractivity contribution in [2.24, 2.45) is 17.8 Å². The Bertz CT molecular complexity index is 950. The van der Waals surface area contributed by atoms with Gasteiger partial charge in [-0.3, -0.25) is 9.59 Å². The number of amides is 2. The van der Waals surface area contributed by atoms with E-state index in [2.05, 4.69) is 13.8 Å². The Morgan fingerprint density at radius 2 is 1.62 bits per heavy atom. The fraction of sp³-hybridized carbons (Fsp3) is 0.462. The number of anilines is 1. The van der Waals surface area contributed by atoms with Gasteiger partial charge in [0.15, 0.2) is 0 Å². The molecule has 2 aromatic carbocycles. The SMILES string of the molecule is COc1ccc(N2C(=O)CC[C@H](C(=O)N3C[C@H](C)C[C@@H](C)C3)[C@@H]2c2ccc(F)cc2)cc1. The summed E-state index contributed by atoms with van der Waals surface area (Å²) in [5.74, 6) is 0.939. The second-order valence-corrected chi connectivity index (χ2v) is 9.29. The normalized spacial score (nSPS) is 26.2. The van der Waals surface area contributed by atoms with Crippen LogP contribution in [0.4, 0.5) is 10.1 Å². The molecular formula is C26H31FN2O3. The van der Waals surface area contributed by atoms with Crippen LogP contribution in [-0.4, -0.2) is 36.9 Å². The lowest BCUT2D eigenvalue weighted by Gasteiger charge is -2.44. The van der Waals surface area contributed by atoms with Gasteiger partial charge >= 0.3 is 0 Å². The maximum atomic E-state index is 13.8. The summed E-state index contributed by atoms with van der Waals surface area (Å²) in [5.41, 5.74) is 1.48. The van der Waals surface area contributed by atoms with Crippen LogP contribution in [0.15, 0.2) is 48.5 Å². The minimum absolute atomic E-state index is 0.0334. The van der Waals surface area contributed by atoms with Crippen LogP contribution in [0.25, 0.3) is 0 Å². The van der Waals surface area contributed by atoms with Crippen molar-refractivity contribution in [1.82, 2.24) is 4.90 Å². The van der Waals surface area contributed by atoms with E-state index >= 15 is 0 Å². The molecule has 0 N–H and O–H groups in total. The zero-order valence-corrected chi connectivity index (χ0v) is 19.0. The average Bonchev–Trinajstić information content (AvgIpc) is 2.78. The minimum atomic E-state index is -0.481. The fourth-order valence-corrected chi connectivity index (χ4v) is 5.32. The van der Waals surface area contributed by atoms with Crippen LogP contribution in [0.1, 0.15) is 44.7 Å². The highest BCUT2D eigenvalue weighted by Crippen LogP contribution is 2.41. The molecule has 32 heavy (non-hydrogen) atoms. The first kappa shape index (κ1) is 22.3. The van der Waals surface area contributed by atoms with E-state index in [1.54, 1.807) is 24.1 Å². The summed E-state index contributed by atoms with van der Waals surface area (Å²) in [5, 5.41) is 0. The summed E-state index contributed by atoms with van der Waals surface area (Å²) in [4.78, 5) is 30.6. The second kappa shape index (κ2) is 9.31. The lowest BCUT2D eigenvalue weighted by molar-refractivity contribution is -0.141. The first-order chi connectivity index (χ1) is 15.4. The fourth-order valence-electron chi connectivity index (χ4n) is 5.32. The van der Waals surface area contributed by atoms with Gasteiger partial charge < -0.3 is 14.5 Å². The molecule has 0 radical (unpaired) electrons. The van der Waals surface area contributed by atoms with Crippen LogP contribution in [0.2, 0.25) is 0 Å². The summed E-state index contributed by atoms with van der Waals surface area (Å²) in [6, 6.07) is 13.0. The molecule has 0 unspecified atom stereocenters. The Morgan fingerprint density at radius 1 is 1.00 bits per heavy atom. The van der Waals surface area contributed by atoms with Gasteiger partial charge in [0.25, 0.3) is 0 Å². The number of rotatable bonds is 4. The Hall–Kier alpha value is -2.89. The Labute approximate surface area is 189 Å². The van der Waals surface area contributed by atoms with Crippen molar-refractivity contribution >= 4 is 17.5 Å². The highest BCUT2D eigenvalue weighted by atomic mass is 19.1. The largest absolute Gasteiger partial charge is 0.497 e. The van der Waals surface area contributed by atoms with E-state index in [1.807, 2.05) is 29.2 Å². The van der Waals surface area contributed by atoms with Gasteiger partial charge in [-0.15, -0.1) is 0 Å². The first-order valence-corrected chi connectivity index (χ1v) is 11.4. The summed E-state index contributed by atoms with van der Waals surface area (Å²) < 4.78 is 19.0. The van der Waals surface area contributed by atoms with Crippen LogP contribution in [0.5, 0.6) is 5.75 Å². The monoisotopic (exact) mass is 438 g/mol. The molecule has 2 saturated heterocycles. The molecule has 2 fully saturated rings. The first-order valence-electron chi connectivity index (χ1n) is 11.4. The van der Waals surface area contributed by atoms with Crippen molar-refractivity contribution in [2.75, 3.05) is 25.1 Å². The Morgan fingerprint density at radius 3 is 2.22 bits per heavy atom. The van der Waals surface area contributed by atoms with Crippen molar-refractivity contribution in [3.05, 3.63) is 59.9 Å². The number of likely N-dealkylation sites (tertiary alicyclic amines) is 1. The summed E-state index contributed by atoms with van der Waals surface area (Å²) in [7, 11) is 1.59. The van der Waals surface area contributed by atoms with E-state index in [4.69, 9.17) is 4.74 Å². The van der Waals surface area contributed by atoms with Crippen molar-refractivity contribution in [3.8, 4) is 5.75 Å². The molecule has 0 bridgehead atoms. The number of carbonyl (C=O) groups excluding carboxylic acids is 2. The van der Waals surface area contributed by atoms with E-state index in [0.29, 0.717) is 36.1 Å².